The molecule has 1 atom stereocenters. The maximum absolute atomic E-state index is 15.0. The number of carbonyl (C=O) groups is 3. The second kappa shape index (κ2) is 11.7. The minimum absolute atomic E-state index is 0.0168. The number of rotatable bonds is 7. The third-order valence-corrected chi connectivity index (χ3v) is 7.47. The molecule has 0 spiro atoms. The Morgan fingerprint density at radius 1 is 0.979 bits per heavy atom. The Balaban J connectivity index is 1.55. The van der Waals surface area contributed by atoms with Crippen molar-refractivity contribution in [1.82, 2.24) is 15.1 Å². The fourth-order valence-electron chi connectivity index (χ4n) is 4.83. The predicted molar refractivity (Wildman–Crippen MR) is 140 cm³/mol. The zero-order valence-electron chi connectivity index (χ0n) is 23.9. The number of morpholine rings is 1. The summed E-state index contributed by atoms with van der Waals surface area (Å²) in [5.74, 6) is -29.7. The van der Waals surface area contributed by atoms with E-state index in [-0.39, 0.29) is 22.3 Å². The Bertz CT molecular complexity index is 1540. The topological polar surface area (TPSA) is 331 Å². The number of aliphatic hydroxyl groups is 12. The summed E-state index contributed by atoms with van der Waals surface area (Å²) in [5, 5.41) is 121. The lowest BCUT2D eigenvalue weighted by Gasteiger charge is -2.55. The molecule has 0 saturated carbocycles. The van der Waals surface area contributed by atoms with Crippen LogP contribution in [0, 0.1) is 5.82 Å². The molecule has 0 bridgehead atoms. The summed E-state index contributed by atoms with van der Waals surface area (Å²) in [4.78, 5) is 37.5. The van der Waals surface area contributed by atoms with E-state index >= 15 is 0 Å². The van der Waals surface area contributed by atoms with Crippen LogP contribution in [0.4, 0.5) is 4.39 Å². The maximum Gasteiger partial charge on any atom is 0.356 e. The van der Waals surface area contributed by atoms with Crippen molar-refractivity contribution >= 4 is 17.7 Å². The van der Waals surface area contributed by atoms with E-state index in [1.807, 2.05) is 0 Å². The van der Waals surface area contributed by atoms with Gasteiger partial charge in [-0.25, -0.2) is 4.39 Å². The minimum Gasteiger partial charge on any atom is -0.496 e. The Morgan fingerprint density at radius 3 is 2.13 bits per heavy atom. The first-order valence-corrected chi connectivity index (χ1v) is 13.2. The van der Waals surface area contributed by atoms with Crippen molar-refractivity contribution in [1.29, 1.82) is 0 Å². The first kappa shape index (κ1) is 36.1. The van der Waals surface area contributed by atoms with Gasteiger partial charge in [0.25, 0.3) is 23.5 Å². The van der Waals surface area contributed by atoms with E-state index in [4.69, 9.17) is 4.74 Å². The number of ether oxygens (including phenoxy) is 2. The first-order chi connectivity index (χ1) is 21.4. The lowest BCUT2D eigenvalue weighted by Crippen LogP contribution is -2.83. The van der Waals surface area contributed by atoms with Gasteiger partial charge in [0.05, 0.1) is 12.8 Å². The average Bonchev–Trinajstić information content (AvgIpc) is 3.23. The second-order valence-corrected chi connectivity index (χ2v) is 10.7. The van der Waals surface area contributed by atoms with Gasteiger partial charge in [-0.1, -0.05) is 24.3 Å². The van der Waals surface area contributed by atoms with Gasteiger partial charge in [0.15, 0.2) is 6.04 Å². The summed E-state index contributed by atoms with van der Waals surface area (Å²) >= 11 is 0. The van der Waals surface area contributed by atoms with E-state index in [1.165, 1.54) is 23.5 Å². The van der Waals surface area contributed by atoms with Gasteiger partial charge in [-0.15, -0.1) is 0 Å². The maximum atomic E-state index is 15.0. The van der Waals surface area contributed by atoms with Crippen molar-refractivity contribution in [3.05, 3.63) is 70.8 Å². The first-order valence-electron chi connectivity index (χ1n) is 13.2. The molecule has 1 aromatic rings. The van der Waals surface area contributed by atoms with Crippen LogP contribution in [0.1, 0.15) is 18.1 Å². The van der Waals surface area contributed by atoms with Crippen LogP contribution in [0.25, 0.3) is 0 Å². The minimum atomic E-state index is -4.20. The highest BCUT2D eigenvalue weighted by atomic mass is 19.1. The van der Waals surface area contributed by atoms with Crippen LogP contribution in [0.2, 0.25) is 0 Å². The number of piperidine rings is 1. The summed E-state index contributed by atoms with van der Waals surface area (Å²) in [5.41, 5.74) is -0.719. The molecule has 3 saturated heterocycles. The molecule has 47 heavy (non-hydrogen) atoms. The lowest BCUT2D eigenvalue weighted by atomic mass is 9.90. The SMILES string of the molecule is C\C=C/C=C1/C(=O)N(C2C(=O)NC(=O)C(O)(O)C2(O)O)C/C1=C\OCc1ccc(CN2C(O)(O)C(O)(O)OC(O)(O)C2(O)O)cc1F. The molecule has 4 rings (SSSR count). The van der Waals surface area contributed by atoms with Crippen LogP contribution >= 0.6 is 0 Å². The normalized spacial score (nSPS) is 27.9. The lowest BCUT2D eigenvalue weighted by molar-refractivity contribution is -0.659. The highest BCUT2D eigenvalue weighted by Crippen LogP contribution is 2.42. The molecule has 3 fully saturated rings. The molecule has 3 heterocycles. The van der Waals surface area contributed by atoms with E-state index in [1.54, 1.807) is 6.92 Å². The van der Waals surface area contributed by atoms with E-state index in [2.05, 4.69) is 4.74 Å². The third kappa shape index (κ3) is 5.83. The summed E-state index contributed by atoms with van der Waals surface area (Å²) < 4.78 is 24.1. The Hall–Kier alpha value is -3.78. The number of imide groups is 1. The summed E-state index contributed by atoms with van der Waals surface area (Å²) in [7, 11) is 0. The van der Waals surface area contributed by atoms with Crippen molar-refractivity contribution in [3.8, 4) is 0 Å². The van der Waals surface area contributed by atoms with Crippen LogP contribution in [0.5, 0.6) is 0 Å². The number of nitrogens with one attached hydrogen (secondary N) is 1. The van der Waals surface area contributed by atoms with E-state index in [0.717, 1.165) is 18.4 Å². The number of carbonyl (C=O) groups excluding carboxylic acids is 3. The van der Waals surface area contributed by atoms with Gasteiger partial charge in [0.1, 0.15) is 12.4 Å². The van der Waals surface area contributed by atoms with Crippen LogP contribution in [-0.2, 0) is 37.0 Å². The number of halogens is 1. The largest absolute Gasteiger partial charge is 0.496 e. The number of nitrogens with zero attached hydrogens (tertiary/aromatic N) is 2. The number of hydrogen-bond acceptors (Lipinski definition) is 18. The molecule has 13 N–H and O–H groups in total. The van der Waals surface area contributed by atoms with Gasteiger partial charge in [-0.2, -0.15) is 4.90 Å². The van der Waals surface area contributed by atoms with Gasteiger partial charge < -0.3 is 70.9 Å². The van der Waals surface area contributed by atoms with Gasteiger partial charge in [0.2, 0.25) is 0 Å². The number of likely N-dealkylation sites (tertiary alicyclic amines) is 1. The molecule has 0 radical (unpaired) electrons. The predicted octanol–water partition coefficient (Wildman–Crippen LogP) is -6.66. The molecule has 3 aliphatic rings. The molecule has 1 aromatic carbocycles. The molecule has 3 aliphatic heterocycles. The summed E-state index contributed by atoms with van der Waals surface area (Å²) in [6, 6.07) is 0.408. The van der Waals surface area contributed by atoms with Crippen molar-refractivity contribution in [2.45, 2.75) is 61.5 Å². The molecule has 3 amide bonds. The average molecular weight is 676 g/mol. The zero-order valence-corrected chi connectivity index (χ0v) is 23.9. The Labute approximate surface area is 261 Å². The summed E-state index contributed by atoms with van der Waals surface area (Å²) in [6.45, 7) is -0.752. The number of amides is 3. The van der Waals surface area contributed by atoms with Crippen LogP contribution in [0.3, 0.4) is 0 Å². The van der Waals surface area contributed by atoms with Crippen molar-refractivity contribution in [2.24, 2.45) is 0 Å². The molecule has 258 valence electrons. The molecular weight excluding hydrogens is 645 g/mol. The van der Waals surface area contributed by atoms with Crippen molar-refractivity contribution in [2.75, 3.05) is 6.54 Å². The van der Waals surface area contributed by atoms with Crippen LogP contribution in [0.15, 0.2) is 53.8 Å². The van der Waals surface area contributed by atoms with E-state index in [9.17, 15) is 80.1 Å². The Kier molecular flexibility index (Phi) is 9.00. The van der Waals surface area contributed by atoms with Gasteiger partial charge in [-0.3, -0.25) is 24.4 Å². The second-order valence-electron chi connectivity index (χ2n) is 10.7. The van der Waals surface area contributed by atoms with Gasteiger partial charge in [-0.05, 0) is 24.6 Å². The van der Waals surface area contributed by atoms with Gasteiger partial charge >= 0.3 is 29.6 Å². The third-order valence-electron chi connectivity index (χ3n) is 7.47. The highest BCUT2D eigenvalue weighted by Gasteiger charge is 2.74. The molecule has 0 aliphatic carbocycles. The highest BCUT2D eigenvalue weighted by molar-refractivity contribution is 6.09. The van der Waals surface area contributed by atoms with Crippen LogP contribution in [-0.4, -0.2) is 137 Å². The van der Waals surface area contributed by atoms with Gasteiger partial charge in [0, 0.05) is 23.3 Å². The van der Waals surface area contributed by atoms with Crippen molar-refractivity contribution in [3.63, 3.8) is 0 Å². The molecule has 20 nitrogen and oxygen atoms in total. The standard InChI is InChI=1S/C26H30FN3O17/c1-2-3-4-15-14(9-29(19(15)32)17-18(31)28-20(33)22(36,37)21(17,34)35)11-46-10-13-6-5-12(7-16(13)27)8-30-23(38,39)25(42,43)47-26(44,45)24(30,40)41/h2-7,11,17,34-45H,8-10H2,1H3,(H,28,31,33)/b3-2-,14-11+,15-4+. The number of hydrogen-bond donors (Lipinski definition) is 13. The molecule has 1 unspecified atom stereocenters. The Morgan fingerprint density at radius 2 is 1.57 bits per heavy atom. The van der Waals surface area contributed by atoms with E-state index in [0.29, 0.717) is 11.0 Å². The monoisotopic (exact) mass is 675 g/mol. The number of allylic oxidation sites excluding steroid dienone is 3. The van der Waals surface area contributed by atoms with E-state index < -0.39 is 89.5 Å². The van der Waals surface area contributed by atoms with Crippen LogP contribution < -0.4 is 5.32 Å². The quantitative estimate of drug-likeness (QED) is 0.0553. The smallest absolute Gasteiger partial charge is 0.356 e. The zero-order chi connectivity index (χ0) is 35.5. The fraction of sp³-hybridized carbons (Fsp3) is 0.423. The molecule has 21 heteroatoms. The summed E-state index contributed by atoms with van der Waals surface area (Å²) in [6.07, 6.45) is 5.10. The fourth-order valence-corrected chi connectivity index (χ4v) is 4.83. The van der Waals surface area contributed by atoms with Crippen molar-refractivity contribution < 1.29 is 89.5 Å². The molecule has 0 aromatic heterocycles. The molecular formula is C26H30FN3O17. The number of benzene rings is 1.